The summed E-state index contributed by atoms with van der Waals surface area (Å²) in [6.45, 7) is 1.24. The predicted molar refractivity (Wildman–Crippen MR) is 96.2 cm³/mol. The molecule has 2 heterocycles. The normalized spacial score (nSPS) is 21.8. The van der Waals surface area contributed by atoms with E-state index in [0.29, 0.717) is 30.8 Å². The summed E-state index contributed by atoms with van der Waals surface area (Å²) in [4.78, 5) is 26.7. The largest absolute Gasteiger partial charge is 0.484 e. The number of ketones is 1. The van der Waals surface area contributed by atoms with Crippen LogP contribution in [-0.4, -0.2) is 35.5 Å². The van der Waals surface area contributed by atoms with Crippen molar-refractivity contribution >= 4 is 11.9 Å². The Morgan fingerprint density at radius 3 is 2.73 bits per heavy atom. The van der Waals surface area contributed by atoms with Crippen LogP contribution in [0.2, 0.25) is 0 Å². The van der Waals surface area contributed by atoms with Crippen LogP contribution < -0.4 is 4.74 Å². The standard InChI is InChI=1S/C21H21NO4/c23-18-13-21(26-19-10-5-4-9-17(18)19)11-6-12-22(15-21)20(24)25-14-16-7-2-1-3-8-16/h1-5,7-10H,6,11-15H2. The van der Waals surface area contributed by atoms with Crippen LogP contribution in [0.4, 0.5) is 4.79 Å². The van der Waals surface area contributed by atoms with Crippen molar-refractivity contribution in [1.82, 2.24) is 4.90 Å². The fourth-order valence-corrected chi connectivity index (χ4v) is 3.74. The molecule has 2 aromatic carbocycles. The van der Waals surface area contributed by atoms with Crippen LogP contribution in [0.3, 0.4) is 0 Å². The number of carbonyl (C=O) groups excluding carboxylic acids is 2. The molecular weight excluding hydrogens is 330 g/mol. The Kier molecular flexibility index (Phi) is 4.37. The summed E-state index contributed by atoms with van der Waals surface area (Å²) in [5, 5.41) is 0. The van der Waals surface area contributed by atoms with Crippen molar-refractivity contribution in [2.24, 2.45) is 0 Å². The number of ether oxygens (including phenoxy) is 2. The van der Waals surface area contributed by atoms with Crippen LogP contribution in [0.25, 0.3) is 0 Å². The summed E-state index contributed by atoms with van der Waals surface area (Å²) < 4.78 is 11.6. The van der Waals surface area contributed by atoms with Crippen molar-refractivity contribution in [3.05, 3.63) is 65.7 Å². The number of carbonyl (C=O) groups is 2. The highest BCUT2D eigenvalue weighted by Crippen LogP contribution is 2.38. The lowest BCUT2D eigenvalue weighted by molar-refractivity contribution is -0.0191. The van der Waals surface area contributed by atoms with Crippen LogP contribution in [0.15, 0.2) is 54.6 Å². The number of likely N-dealkylation sites (tertiary alicyclic amines) is 1. The molecule has 0 N–H and O–H groups in total. The minimum absolute atomic E-state index is 0.0753. The molecule has 1 fully saturated rings. The number of nitrogens with zero attached hydrogens (tertiary/aromatic N) is 1. The first-order chi connectivity index (χ1) is 12.7. The van der Waals surface area contributed by atoms with E-state index in [1.807, 2.05) is 48.5 Å². The van der Waals surface area contributed by atoms with Crippen LogP contribution in [0.5, 0.6) is 5.75 Å². The van der Waals surface area contributed by atoms with E-state index in [2.05, 4.69) is 0 Å². The molecule has 5 heteroatoms. The number of para-hydroxylation sites is 1. The highest BCUT2D eigenvalue weighted by Gasteiger charge is 2.45. The summed E-state index contributed by atoms with van der Waals surface area (Å²) in [7, 11) is 0. The smallest absolute Gasteiger partial charge is 0.410 e. The fourth-order valence-electron chi connectivity index (χ4n) is 3.74. The maximum Gasteiger partial charge on any atom is 0.410 e. The molecule has 1 spiro atoms. The van der Waals surface area contributed by atoms with Crippen molar-refractivity contribution < 1.29 is 19.1 Å². The molecule has 0 saturated carbocycles. The Morgan fingerprint density at radius 2 is 1.88 bits per heavy atom. The minimum atomic E-state index is -0.643. The lowest BCUT2D eigenvalue weighted by Crippen LogP contribution is -2.56. The molecular formula is C21H21NO4. The van der Waals surface area contributed by atoms with Gasteiger partial charge in [0, 0.05) is 6.54 Å². The van der Waals surface area contributed by atoms with Gasteiger partial charge in [-0.2, -0.15) is 0 Å². The minimum Gasteiger partial charge on any atom is -0.484 e. The monoisotopic (exact) mass is 351 g/mol. The second-order valence-corrected chi connectivity index (χ2v) is 6.95. The van der Waals surface area contributed by atoms with Gasteiger partial charge in [-0.3, -0.25) is 4.79 Å². The second-order valence-electron chi connectivity index (χ2n) is 6.95. The van der Waals surface area contributed by atoms with E-state index in [9.17, 15) is 9.59 Å². The van der Waals surface area contributed by atoms with Crippen molar-refractivity contribution in [2.45, 2.75) is 31.5 Å². The predicted octanol–water partition coefficient (Wildman–Crippen LogP) is 3.82. The summed E-state index contributed by atoms with van der Waals surface area (Å²) in [5.74, 6) is 0.689. The van der Waals surface area contributed by atoms with Crippen molar-refractivity contribution in [3.63, 3.8) is 0 Å². The summed E-state index contributed by atoms with van der Waals surface area (Å²) in [5.41, 5.74) is 0.933. The van der Waals surface area contributed by atoms with Crippen LogP contribution in [0, 0.1) is 0 Å². The number of amides is 1. The highest BCUT2D eigenvalue weighted by atomic mass is 16.6. The Bertz CT molecular complexity index is 820. The molecule has 0 aliphatic carbocycles. The Labute approximate surface area is 152 Å². The zero-order chi connectivity index (χ0) is 18.0. The van der Waals surface area contributed by atoms with Gasteiger partial charge in [-0.05, 0) is 30.5 Å². The van der Waals surface area contributed by atoms with Gasteiger partial charge in [-0.15, -0.1) is 0 Å². The van der Waals surface area contributed by atoms with Gasteiger partial charge in [-0.1, -0.05) is 42.5 Å². The molecule has 2 aliphatic rings. The van der Waals surface area contributed by atoms with E-state index in [-0.39, 0.29) is 18.5 Å². The Hall–Kier alpha value is -2.82. The van der Waals surface area contributed by atoms with Crippen molar-refractivity contribution in [1.29, 1.82) is 0 Å². The number of rotatable bonds is 2. The number of benzene rings is 2. The summed E-state index contributed by atoms with van der Waals surface area (Å²) in [6, 6.07) is 16.9. The number of hydrogen-bond donors (Lipinski definition) is 0. The molecule has 2 aromatic rings. The molecule has 2 aliphatic heterocycles. The molecule has 5 nitrogen and oxygen atoms in total. The molecule has 4 rings (SSSR count). The quantitative estimate of drug-likeness (QED) is 0.825. The third-order valence-electron chi connectivity index (χ3n) is 5.00. The van der Waals surface area contributed by atoms with E-state index in [4.69, 9.17) is 9.47 Å². The second kappa shape index (κ2) is 6.83. The molecule has 1 atom stereocenters. The summed E-state index contributed by atoms with van der Waals surface area (Å²) >= 11 is 0. The lowest BCUT2D eigenvalue weighted by atomic mass is 9.83. The highest BCUT2D eigenvalue weighted by molar-refractivity contribution is 6.00. The zero-order valence-corrected chi connectivity index (χ0v) is 14.5. The van der Waals surface area contributed by atoms with Crippen LogP contribution in [0.1, 0.15) is 35.2 Å². The maximum absolute atomic E-state index is 12.5. The van der Waals surface area contributed by atoms with E-state index in [1.54, 1.807) is 11.0 Å². The number of piperidine rings is 1. The van der Waals surface area contributed by atoms with E-state index >= 15 is 0 Å². The first-order valence-corrected chi connectivity index (χ1v) is 8.92. The van der Waals surface area contributed by atoms with E-state index in [1.165, 1.54) is 0 Å². The van der Waals surface area contributed by atoms with E-state index < -0.39 is 5.60 Å². The molecule has 134 valence electrons. The zero-order valence-electron chi connectivity index (χ0n) is 14.5. The molecule has 1 amide bonds. The third kappa shape index (κ3) is 3.29. The van der Waals surface area contributed by atoms with Gasteiger partial charge in [0.1, 0.15) is 18.0 Å². The van der Waals surface area contributed by atoms with Gasteiger partial charge in [0.2, 0.25) is 0 Å². The van der Waals surface area contributed by atoms with Gasteiger partial charge in [0.05, 0.1) is 18.5 Å². The van der Waals surface area contributed by atoms with Gasteiger partial charge in [0.15, 0.2) is 5.78 Å². The average Bonchev–Trinajstić information content (AvgIpc) is 2.67. The molecule has 1 unspecified atom stereocenters. The number of Topliss-reactive ketones (excluding diaryl/α,β-unsaturated/α-hetero) is 1. The Morgan fingerprint density at radius 1 is 1.12 bits per heavy atom. The summed E-state index contributed by atoms with van der Waals surface area (Å²) in [6.07, 6.45) is 1.49. The average molecular weight is 351 g/mol. The Balaban J connectivity index is 1.44. The van der Waals surface area contributed by atoms with Gasteiger partial charge < -0.3 is 14.4 Å². The van der Waals surface area contributed by atoms with Gasteiger partial charge in [-0.25, -0.2) is 4.79 Å². The van der Waals surface area contributed by atoms with Gasteiger partial charge in [0.25, 0.3) is 0 Å². The first-order valence-electron chi connectivity index (χ1n) is 8.92. The fraction of sp³-hybridized carbons (Fsp3) is 0.333. The first kappa shape index (κ1) is 16.6. The molecule has 1 saturated heterocycles. The molecule has 26 heavy (non-hydrogen) atoms. The maximum atomic E-state index is 12.5. The van der Waals surface area contributed by atoms with E-state index in [0.717, 1.165) is 18.4 Å². The van der Waals surface area contributed by atoms with Crippen molar-refractivity contribution in [3.8, 4) is 5.75 Å². The van der Waals surface area contributed by atoms with Crippen LogP contribution in [-0.2, 0) is 11.3 Å². The number of hydrogen-bond acceptors (Lipinski definition) is 4. The van der Waals surface area contributed by atoms with Crippen molar-refractivity contribution in [2.75, 3.05) is 13.1 Å². The molecule has 0 radical (unpaired) electrons. The number of fused-ring (bicyclic) bond motifs is 1. The third-order valence-corrected chi connectivity index (χ3v) is 5.00. The van der Waals surface area contributed by atoms with Crippen LogP contribution >= 0.6 is 0 Å². The SMILES string of the molecule is O=C1CC2(CCCN(C(=O)OCc3ccccc3)C2)Oc2ccccc21. The molecule has 0 bridgehead atoms. The lowest BCUT2D eigenvalue weighted by Gasteiger charge is -2.44. The molecule has 0 aromatic heterocycles. The van der Waals surface area contributed by atoms with Gasteiger partial charge >= 0.3 is 6.09 Å². The topological polar surface area (TPSA) is 55.8 Å².